The molecule has 0 unspecified atom stereocenters. The zero-order valence-corrected chi connectivity index (χ0v) is 7.16. The molecule has 0 heterocycles. The summed E-state index contributed by atoms with van der Waals surface area (Å²) in [6, 6.07) is 0. The van der Waals surface area contributed by atoms with Gasteiger partial charge in [-0.05, 0) is 12.5 Å². The minimum absolute atomic E-state index is 0.0788. The fourth-order valence-electron chi connectivity index (χ4n) is 0.890. The molecule has 52 valence electrons. The summed E-state index contributed by atoms with van der Waals surface area (Å²) >= 11 is 0. The van der Waals surface area contributed by atoms with Crippen molar-refractivity contribution in [2.75, 3.05) is 0 Å². The van der Waals surface area contributed by atoms with E-state index in [-0.39, 0.29) is 12.2 Å². The number of hydrogen-bond acceptors (Lipinski definition) is 1. The van der Waals surface area contributed by atoms with E-state index in [1.165, 1.54) is 6.08 Å². The maximum atomic E-state index is 12.4. The Bertz CT molecular complexity index is 144. The van der Waals surface area contributed by atoms with Crippen LogP contribution in [-0.2, 0) is 4.43 Å². The van der Waals surface area contributed by atoms with Crippen molar-refractivity contribution in [2.45, 2.75) is 18.8 Å². The van der Waals surface area contributed by atoms with Crippen LogP contribution in [0.2, 0.25) is 0 Å². The maximum absolute atomic E-state index is 12.4. The Labute approximate surface area is 55.2 Å². The molecular weight excluding hydrogens is 142 g/mol. The SMILES string of the molecule is FC1(F)CCC=C1O[SiH3]. The number of allylic oxidation sites excluding steroid dienone is 2. The van der Waals surface area contributed by atoms with Gasteiger partial charge in [0.2, 0.25) is 10.5 Å². The Morgan fingerprint density at radius 2 is 2.33 bits per heavy atom. The van der Waals surface area contributed by atoms with Crippen LogP contribution in [0, 0.1) is 0 Å². The molecule has 9 heavy (non-hydrogen) atoms. The minimum atomic E-state index is -2.66. The van der Waals surface area contributed by atoms with Gasteiger partial charge in [-0.15, -0.1) is 0 Å². The lowest BCUT2D eigenvalue weighted by Gasteiger charge is -2.11. The van der Waals surface area contributed by atoms with E-state index in [4.69, 9.17) is 0 Å². The molecule has 1 nitrogen and oxygen atoms in total. The van der Waals surface area contributed by atoms with Crippen LogP contribution >= 0.6 is 0 Å². The predicted molar refractivity (Wildman–Crippen MR) is 33.3 cm³/mol. The molecule has 0 bridgehead atoms. The van der Waals surface area contributed by atoms with Crippen molar-refractivity contribution < 1.29 is 13.2 Å². The minimum Gasteiger partial charge on any atom is -0.552 e. The smallest absolute Gasteiger partial charge is 0.302 e. The summed E-state index contributed by atoms with van der Waals surface area (Å²) in [5, 5.41) is 0. The van der Waals surface area contributed by atoms with E-state index < -0.39 is 5.92 Å². The van der Waals surface area contributed by atoms with Crippen molar-refractivity contribution in [3.05, 3.63) is 11.8 Å². The molecule has 1 aliphatic carbocycles. The summed E-state index contributed by atoms with van der Waals surface area (Å²) in [6.45, 7) is 0. The van der Waals surface area contributed by atoms with Crippen molar-refractivity contribution >= 4 is 10.5 Å². The van der Waals surface area contributed by atoms with Crippen LogP contribution < -0.4 is 0 Å². The van der Waals surface area contributed by atoms with E-state index in [2.05, 4.69) is 4.43 Å². The van der Waals surface area contributed by atoms with Gasteiger partial charge in [-0.1, -0.05) is 0 Å². The van der Waals surface area contributed by atoms with Crippen molar-refractivity contribution in [1.29, 1.82) is 0 Å². The molecule has 0 aromatic rings. The quantitative estimate of drug-likeness (QED) is 0.497. The highest BCUT2D eigenvalue weighted by molar-refractivity contribution is 5.98. The second-order valence-corrected chi connectivity index (χ2v) is 2.42. The van der Waals surface area contributed by atoms with Crippen LogP contribution in [-0.4, -0.2) is 16.4 Å². The van der Waals surface area contributed by atoms with E-state index >= 15 is 0 Å². The largest absolute Gasteiger partial charge is 0.552 e. The van der Waals surface area contributed by atoms with Gasteiger partial charge >= 0.3 is 5.92 Å². The first-order valence-corrected chi connectivity index (χ1v) is 3.61. The topological polar surface area (TPSA) is 9.23 Å². The van der Waals surface area contributed by atoms with E-state index in [1.54, 1.807) is 0 Å². The first kappa shape index (κ1) is 6.73. The van der Waals surface area contributed by atoms with Crippen LogP contribution in [0.15, 0.2) is 11.8 Å². The Morgan fingerprint density at radius 3 is 2.56 bits per heavy atom. The van der Waals surface area contributed by atoms with Gasteiger partial charge in [-0.25, -0.2) is 0 Å². The van der Waals surface area contributed by atoms with Gasteiger partial charge in [0.25, 0.3) is 0 Å². The highest BCUT2D eigenvalue weighted by Gasteiger charge is 2.38. The number of alkyl halides is 2. The van der Waals surface area contributed by atoms with Crippen molar-refractivity contribution in [2.24, 2.45) is 0 Å². The number of rotatable bonds is 1. The first-order chi connectivity index (χ1) is 4.17. The van der Waals surface area contributed by atoms with Gasteiger partial charge in [0.1, 0.15) is 5.76 Å². The second-order valence-electron chi connectivity index (χ2n) is 2.02. The van der Waals surface area contributed by atoms with Gasteiger partial charge in [-0.3, -0.25) is 0 Å². The van der Waals surface area contributed by atoms with Gasteiger partial charge in [0.05, 0.1) is 0 Å². The second kappa shape index (κ2) is 2.09. The Balaban J connectivity index is 2.69. The molecule has 0 aliphatic heterocycles. The fraction of sp³-hybridized carbons (Fsp3) is 0.600. The summed E-state index contributed by atoms with van der Waals surface area (Å²) < 4.78 is 29.5. The molecule has 0 amide bonds. The molecule has 0 N–H and O–H groups in total. The third-order valence-electron chi connectivity index (χ3n) is 1.37. The summed E-state index contributed by atoms with van der Waals surface area (Å²) in [6.07, 6.45) is 1.84. The van der Waals surface area contributed by atoms with Crippen LogP contribution in [0.1, 0.15) is 12.8 Å². The zero-order chi connectivity index (χ0) is 6.91. The van der Waals surface area contributed by atoms with Crippen molar-refractivity contribution in [1.82, 2.24) is 0 Å². The molecule has 0 atom stereocenters. The fourth-order valence-corrected chi connectivity index (χ4v) is 1.36. The van der Waals surface area contributed by atoms with E-state index in [0.717, 1.165) is 0 Å². The van der Waals surface area contributed by atoms with Crippen LogP contribution in [0.5, 0.6) is 0 Å². The molecule has 1 aliphatic rings. The molecule has 0 spiro atoms. The maximum Gasteiger partial charge on any atom is 0.302 e. The van der Waals surface area contributed by atoms with Crippen molar-refractivity contribution in [3.63, 3.8) is 0 Å². The molecule has 0 aromatic heterocycles. The molecule has 0 radical (unpaired) electrons. The third-order valence-corrected chi connectivity index (χ3v) is 1.81. The highest BCUT2D eigenvalue weighted by Crippen LogP contribution is 2.35. The van der Waals surface area contributed by atoms with E-state index in [0.29, 0.717) is 16.9 Å². The summed E-state index contributed by atoms with van der Waals surface area (Å²) in [5.41, 5.74) is 0. The van der Waals surface area contributed by atoms with Gasteiger partial charge < -0.3 is 4.43 Å². The average Bonchev–Trinajstić information content (AvgIpc) is 2.08. The first-order valence-electron chi connectivity index (χ1n) is 2.79. The van der Waals surface area contributed by atoms with Crippen LogP contribution in [0.25, 0.3) is 0 Å². The Morgan fingerprint density at radius 1 is 1.67 bits per heavy atom. The molecule has 4 heteroatoms. The summed E-state index contributed by atoms with van der Waals surface area (Å²) in [7, 11) is 0.354. The van der Waals surface area contributed by atoms with Gasteiger partial charge in [0, 0.05) is 6.42 Å². The summed E-state index contributed by atoms with van der Waals surface area (Å²) in [4.78, 5) is 0. The Hall–Kier alpha value is -0.383. The van der Waals surface area contributed by atoms with Gasteiger partial charge in [0.15, 0.2) is 0 Å². The molecule has 1 rings (SSSR count). The lowest BCUT2D eigenvalue weighted by Crippen LogP contribution is -2.15. The Kier molecular flexibility index (Phi) is 1.57. The molecular formula is C5H8F2OSi. The highest BCUT2D eigenvalue weighted by atomic mass is 28.2. The average molecular weight is 150 g/mol. The third kappa shape index (κ3) is 1.12. The molecule has 0 saturated heterocycles. The normalized spacial score (nSPS) is 24.0. The monoisotopic (exact) mass is 150 g/mol. The molecule has 0 saturated carbocycles. The lowest BCUT2D eigenvalue weighted by molar-refractivity contribution is 0.0111. The standard InChI is InChI=1S/C5H8F2OSi/c6-5(7)3-1-2-4(5)8-9/h2H,1,3H2,9H3. The lowest BCUT2D eigenvalue weighted by atomic mass is 10.3. The number of hydrogen-bond donors (Lipinski definition) is 0. The van der Waals surface area contributed by atoms with Crippen LogP contribution in [0.3, 0.4) is 0 Å². The predicted octanol–water partition coefficient (Wildman–Crippen LogP) is 0.596. The summed E-state index contributed by atoms with van der Waals surface area (Å²) in [5.74, 6) is -2.78. The van der Waals surface area contributed by atoms with Crippen LogP contribution in [0.4, 0.5) is 8.78 Å². The van der Waals surface area contributed by atoms with Gasteiger partial charge in [-0.2, -0.15) is 8.78 Å². The van der Waals surface area contributed by atoms with E-state index in [1.807, 2.05) is 0 Å². The molecule has 0 aromatic carbocycles. The van der Waals surface area contributed by atoms with E-state index in [9.17, 15) is 8.78 Å². The number of halogens is 2. The molecule has 0 fully saturated rings. The van der Waals surface area contributed by atoms with Crippen molar-refractivity contribution in [3.8, 4) is 0 Å². The zero-order valence-electron chi connectivity index (χ0n) is 5.16.